The summed E-state index contributed by atoms with van der Waals surface area (Å²) in [5, 5.41) is 0. The molecule has 0 aromatic heterocycles. The molecule has 1 aromatic carbocycles. The number of carbonyl (C=O) groups is 1. The molecule has 3 nitrogen and oxygen atoms in total. The molecule has 0 aliphatic heterocycles. The summed E-state index contributed by atoms with van der Waals surface area (Å²) in [5.74, 6) is 2.43. The van der Waals surface area contributed by atoms with E-state index in [1.165, 1.54) is 12.5 Å². The van der Waals surface area contributed by atoms with Gasteiger partial charge in [0.1, 0.15) is 5.75 Å². The number of hydrogen-bond donors (Lipinski definition) is 0. The van der Waals surface area contributed by atoms with E-state index >= 15 is 0 Å². The number of esters is 1. The van der Waals surface area contributed by atoms with E-state index in [4.69, 9.17) is 9.47 Å². The Kier molecular flexibility index (Phi) is 11.4. The predicted molar refractivity (Wildman–Crippen MR) is 134 cm³/mol. The van der Waals surface area contributed by atoms with Gasteiger partial charge in [0.25, 0.3) is 0 Å². The van der Waals surface area contributed by atoms with Crippen molar-refractivity contribution in [2.24, 2.45) is 29.6 Å². The number of unbranched alkanes of at least 4 members (excludes halogenated alkanes) is 1. The number of ether oxygens (including phenoxy) is 2. The van der Waals surface area contributed by atoms with Crippen LogP contribution >= 0.6 is 0 Å². The van der Waals surface area contributed by atoms with Crippen LogP contribution in [0.25, 0.3) is 0 Å². The maximum Gasteiger partial charge on any atom is 0.416 e. The number of hydrogen-bond acceptors (Lipinski definition) is 3. The Morgan fingerprint density at radius 1 is 1.14 bits per heavy atom. The Balaban J connectivity index is 1.82. The Labute approximate surface area is 208 Å². The van der Waals surface area contributed by atoms with Crippen LogP contribution in [0, 0.1) is 29.6 Å². The number of halogens is 3. The molecule has 0 N–H and O–H groups in total. The lowest BCUT2D eigenvalue weighted by molar-refractivity contribution is -0.147. The van der Waals surface area contributed by atoms with E-state index in [-0.39, 0.29) is 23.7 Å². The van der Waals surface area contributed by atoms with Crippen molar-refractivity contribution in [3.8, 4) is 5.75 Å². The van der Waals surface area contributed by atoms with E-state index in [1.54, 1.807) is 6.07 Å². The fraction of sp³-hybridized carbons (Fsp3) is 0.621. The summed E-state index contributed by atoms with van der Waals surface area (Å²) in [5.41, 5.74) is -0.696. The van der Waals surface area contributed by atoms with Gasteiger partial charge in [-0.15, -0.1) is 0 Å². The monoisotopic (exact) mass is 494 g/mol. The third-order valence-corrected chi connectivity index (χ3v) is 6.66. The zero-order valence-corrected chi connectivity index (χ0v) is 21.7. The van der Waals surface area contributed by atoms with Gasteiger partial charge >= 0.3 is 12.1 Å². The van der Waals surface area contributed by atoms with Crippen LogP contribution in [0.1, 0.15) is 72.3 Å². The summed E-state index contributed by atoms with van der Waals surface area (Å²) in [6, 6.07) is 5.03. The molecule has 0 spiro atoms. The van der Waals surface area contributed by atoms with Crippen molar-refractivity contribution in [2.75, 3.05) is 6.61 Å². The highest BCUT2D eigenvalue weighted by atomic mass is 19.4. The molecule has 196 valence electrons. The fourth-order valence-corrected chi connectivity index (χ4v) is 4.86. The van der Waals surface area contributed by atoms with E-state index in [9.17, 15) is 18.0 Å². The van der Waals surface area contributed by atoms with Crippen molar-refractivity contribution >= 4 is 5.97 Å². The Bertz CT molecular complexity index is 844. The SMILES string of the molecule is CC(C)OC(=O)CCC/C=C\C[C@@H]1[C@@H](/C=C/[C@@H](C)COc2cccc(C(F)(F)F)c2)[C@H](C)C[C@@H]1C. The summed E-state index contributed by atoms with van der Waals surface area (Å²) in [4.78, 5) is 11.6. The number of rotatable bonds is 12. The second-order valence-corrected chi connectivity index (χ2v) is 10.3. The third-order valence-electron chi connectivity index (χ3n) is 6.66. The largest absolute Gasteiger partial charge is 0.493 e. The average Bonchev–Trinajstić information content (AvgIpc) is 3.04. The van der Waals surface area contributed by atoms with Gasteiger partial charge in [0.15, 0.2) is 0 Å². The first kappa shape index (κ1) is 29.0. The van der Waals surface area contributed by atoms with E-state index in [0.29, 0.717) is 36.7 Å². The highest BCUT2D eigenvalue weighted by molar-refractivity contribution is 5.69. The van der Waals surface area contributed by atoms with E-state index < -0.39 is 11.7 Å². The van der Waals surface area contributed by atoms with Gasteiger partial charge in [0.2, 0.25) is 0 Å². The van der Waals surface area contributed by atoms with Gasteiger partial charge in [-0.3, -0.25) is 4.79 Å². The van der Waals surface area contributed by atoms with Crippen LogP contribution in [0.5, 0.6) is 5.75 Å². The second-order valence-electron chi connectivity index (χ2n) is 10.3. The van der Waals surface area contributed by atoms with Crippen molar-refractivity contribution in [3.63, 3.8) is 0 Å². The molecule has 0 heterocycles. The third kappa shape index (κ3) is 10.1. The zero-order valence-electron chi connectivity index (χ0n) is 21.7. The summed E-state index contributed by atoms with van der Waals surface area (Å²) < 4.78 is 49.5. The molecule has 0 radical (unpaired) electrons. The summed E-state index contributed by atoms with van der Waals surface area (Å²) >= 11 is 0. The molecule has 1 aliphatic rings. The standard InChI is InChI=1S/C29H41F3O3/c1-20(2)35-28(33)14-9-7-6-8-13-26-22(4)17-23(5)27(26)16-15-21(3)19-34-25-12-10-11-24(18-25)29(30,31)32/h6,8,10-12,15-16,18,20-23,26-27H,7,9,13-14,17,19H2,1-5H3/b8-6-,16-15+/t21-,22+,23-,26+,27+/m1/s1. The van der Waals surface area contributed by atoms with Crippen LogP contribution in [0.15, 0.2) is 48.6 Å². The molecule has 1 saturated carbocycles. The molecule has 1 aromatic rings. The van der Waals surface area contributed by atoms with Gasteiger partial charge in [-0.2, -0.15) is 13.2 Å². The molecule has 0 saturated heterocycles. The van der Waals surface area contributed by atoms with Crippen LogP contribution in [0.2, 0.25) is 0 Å². The van der Waals surface area contributed by atoms with Crippen molar-refractivity contribution in [1.82, 2.24) is 0 Å². The molecule has 2 rings (SSSR count). The highest BCUT2D eigenvalue weighted by Crippen LogP contribution is 2.44. The van der Waals surface area contributed by atoms with Crippen LogP contribution in [-0.2, 0) is 15.7 Å². The normalized spacial score (nSPS) is 23.9. The molecule has 6 heteroatoms. The van der Waals surface area contributed by atoms with Gasteiger partial charge in [0, 0.05) is 12.3 Å². The minimum absolute atomic E-state index is 0.0660. The lowest BCUT2D eigenvalue weighted by Crippen LogP contribution is -2.14. The fourth-order valence-electron chi connectivity index (χ4n) is 4.86. The maximum absolute atomic E-state index is 12.9. The Morgan fingerprint density at radius 3 is 2.57 bits per heavy atom. The molecule has 1 fully saturated rings. The zero-order chi connectivity index (χ0) is 26.0. The van der Waals surface area contributed by atoms with Crippen LogP contribution in [-0.4, -0.2) is 18.7 Å². The summed E-state index contributed by atoms with van der Waals surface area (Å²) in [7, 11) is 0. The molecule has 0 amide bonds. The van der Waals surface area contributed by atoms with Gasteiger partial charge in [-0.1, -0.05) is 51.1 Å². The van der Waals surface area contributed by atoms with Gasteiger partial charge < -0.3 is 9.47 Å². The molecule has 0 bridgehead atoms. The topological polar surface area (TPSA) is 35.5 Å². The Morgan fingerprint density at radius 2 is 1.89 bits per heavy atom. The van der Waals surface area contributed by atoms with Gasteiger partial charge in [0.05, 0.1) is 18.3 Å². The van der Waals surface area contributed by atoms with E-state index in [1.807, 2.05) is 20.8 Å². The van der Waals surface area contributed by atoms with Crippen LogP contribution < -0.4 is 4.74 Å². The van der Waals surface area contributed by atoms with Crippen molar-refractivity contribution in [2.45, 2.75) is 79.0 Å². The number of benzene rings is 1. The average molecular weight is 495 g/mol. The van der Waals surface area contributed by atoms with E-state index in [0.717, 1.165) is 31.4 Å². The second kappa shape index (κ2) is 13.7. The quantitative estimate of drug-likeness (QED) is 0.167. The summed E-state index contributed by atoms with van der Waals surface area (Å²) in [6.45, 7) is 10.7. The number of alkyl halides is 3. The van der Waals surface area contributed by atoms with Crippen LogP contribution in [0.3, 0.4) is 0 Å². The molecular formula is C29H41F3O3. The number of allylic oxidation sites excluding steroid dienone is 3. The molecule has 35 heavy (non-hydrogen) atoms. The smallest absolute Gasteiger partial charge is 0.416 e. The Hall–Kier alpha value is -2.24. The highest BCUT2D eigenvalue weighted by Gasteiger charge is 2.36. The first-order chi connectivity index (χ1) is 16.5. The van der Waals surface area contributed by atoms with Crippen molar-refractivity contribution in [1.29, 1.82) is 0 Å². The molecular weight excluding hydrogens is 453 g/mol. The minimum Gasteiger partial charge on any atom is -0.493 e. The minimum atomic E-state index is -4.37. The molecule has 1 aliphatic carbocycles. The first-order valence-corrected chi connectivity index (χ1v) is 12.8. The molecule has 5 atom stereocenters. The van der Waals surface area contributed by atoms with Crippen molar-refractivity contribution in [3.05, 3.63) is 54.1 Å². The van der Waals surface area contributed by atoms with Crippen LogP contribution in [0.4, 0.5) is 13.2 Å². The first-order valence-electron chi connectivity index (χ1n) is 12.8. The maximum atomic E-state index is 12.9. The lowest BCUT2D eigenvalue weighted by atomic mass is 9.84. The molecule has 0 unspecified atom stereocenters. The summed E-state index contributed by atoms with van der Waals surface area (Å²) in [6.07, 6.45) is 8.71. The predicted octanol–water partition coefficient (Wildman–Crippen LogP) is 8.25. The van der Waals surface area contributed by atoms with Gasteiger partial charge in [-0.05, 0) is 81.4 Å². The van der Waals surface area contributed by atoms with E-state index in [2.05, 4.69) is 38.2 Å². The van der Waals surface area contributed by atoms with Gasteiger partial charge in [-0.25, -0.2) is 0 Å². The number of carbonyl (C=O) groups excluding carboxylic acids is 1. The van der Waals surface area contributed by atoms with Crippen molar-refractivity contribution < 1.29 is 27.4 Å². The lowest BCUT2D eigenvalue weighted by Gasteiger charge is -2.21.